The lowest BCUT2D eigenvalue weighted by atomic mass is 10.0. The molecule has 4 nitrogen and oxygen atoms in total. The summed E-state index contributed by atoms with van der Waals surface area (Å²) in [7, 11) is 0. The molecule has 2 N–H and O–H groups in total. The van der Waals surface area contributed by atoms with Crippen molar-refractivity contribution in [3.63, 3.8) is 0 Å². The van der Waals surface area contributed by atoms with Crippen molar-refractivity contribution in [1.82, 2.24) is 4.90 Å². The van der Waals surface area contributed by atoms with Crippen LogP contribution in [0.4, 0.5) is 0 Å². The number of nitrogens with zero attached hydrogens (tertiary/aromatic N) is 1. The Morgan fingerprint density at radius 3 is 2.85 bits per heavy atom. The van der Waals surface area contributed by atoms with Crippen molar-refractivity contribution < 1.29 is 9.53 Å². The van der Waals surface area contributed by atoms with Gasteiger partial charge in [-0.3, -0.25) is 4.79 Å². The lowest BCUT2D eigenvalue weighted by molar-refractivity contribution is -0.142. The summed E-state index contributed by atoms with van der Waals surface area (Å²) in [6.45, 7) is 6.26. The molecule has 0 spiro atoms. The van der Waals surface area contributed by atoms with E-state index < -0.39 is 0 Å². The minimum absolute atomic E-state index is 0.0792. The summed E-state index contributed by atoms with van der Waals surface area (Å²) in [6, 6.07) is 0. The van der Waals surface area contributed by atoms with Crippen LogP contribution in [0, 0.1) is 0 Å². The second-order valence-electron chi connectivity index (χ2n) is 4.17. The first kappa shape index (κ1) is 10.5. The predicted octanol–water partition coefficient (Wildman–Crippen LogP) is -0.0274. The van der Waals surface area contributed by atoms with E-state index in [1.165, 1.54) is 0 Å². The summed E-state index contributed by atoms with van der Waals surface area (Å²) in [4.78, 5) is 13.1. The Bertz CT molecular complexity index is 187. The molecule has 1 saturated heterocycles. The molecule has 0 aromatic rings. The smallest absolute Gasteiger partial charge is 0.248 e. The maximum absolute atomic E-state index is 11.3. The maximum atomic E-state index is 11.3. The summed E-state index contributed by atoms with van der Waals surface area (Å²) < 4.78 is 5.02. The van der Waals surface area contributed by atoms with Crippen molar-refractivity contribution in [2.75, 3.05) is 26.3 Å². The van der Waals surface area contributed by atoms with Gasteiger partial charge in [0.25, 0.3) is 0 Å². The zero-order chi connectivity index (χ0) is 9.90. The van der Waals surface area contributed by atoms with E-state index in [4.69, 9.17) is 10.5 Å². The highest BCUT2D eigenvalue weighted by molar-refractivity contribution is 5.77. The Hall–Kier alpha value is -0.610. The van der Waals surface area contributed by atoms with Crippen LogP contribution in [-0.4, -0.2) is 42.6 Å². The number of rotatable bonds is 3. The molecule has 0 saturated carbocycles. The molecule has 0 radical (unpaired) electrons. The molecule has 0 aromatic heterocycles. The molecule has 13 heavy (non-hydrogen) atoms. The molecule has 76 valence electrons. The third-order valence-electron chi connectivity index (χ3n) is 2.11. The highest BCUT2D eigenvalue weighted by atomic mass is 16.5. The van der Waals surface area contributed by atoms with Crippen molar-refractivity contribution in [3.8, 4) is 0 Å². The maximum Gasteiger partial charge on any atom is 0.248 e. The first-order chi connectivity index (χ1) is 5.99. The van der Waals surface area contributed by atoms with E-state index in [0.717, 1.165) is 13.0 Å². The largest absolute Gasteiger partial charge is 0.370 e. The predicted molar refractivity (Wildman–Crippen MR) is 50.3 cm³/mol. The van der Waals surface area contributed by atoms with Crippen LogP contribution in [0.3, 0.4) is 0 Å². The highest BCUT2D eigenvalue weighted by Gasteiger charge is 2.20. The molecular weight excluding hydrogens is 168 g/mol. The van der Waals surface area contributed by atoms with Crippen LogP contribution in [0.2, 0.25) is 0 Å². The molecule has 1 aliphatic heterocycles. The number of carbonyl (C=O) groups is 1. The Morgan fingerprint density at radius 1 is 1.62 bits per heavy atom. The molecule has 1 heterocycles. The third-order valence-corrected chi connectivity index (χ3v) is 2.11. The fraction of sp³-hybridized carbons (Fsp3) is 0.889. The monoisotopic (exact) mass is 186 g/mol. The number of morpholine rings is 1. The first-order valence-corrected chi connectivity index (χ1v) is 4.63. The number of hydrogen-bond donors (Lipinski definition) is 1. The summed E-state index contributed by atoms with van der Waals surface area (Å²) >= 11 is 0. The molecule has 1 amide bonds. The van der Waals surface area contributed by atoms with E-state index in [1.807, 2.05) is 18.7 Å². The number of amides is 1. The molecule has 0 aromatic carbocycles. The van der Waals surface area contributed by atoms with Gasteiger partial charge in [-0.2, -0.15) is 0 Å². The first-order valence-electron chi connectivity index (χ1n) is 4.63. The van der Waals surface area contributed by atoms with Gasteiger partial charge in [0, 0.05) is 18.6 Å². The minimum atomic E-state index is -0.196. The molecular formula is C9H18N2O2. The third kappa shape index (κ3) is 3.74. The van der Waals surface area contributed by atoms with Crippen LogP contribution in [0.15, 0.2) is 0 Å². The fourth-order valence-electron chi connectivity index (χ4n) is 1.21. The topological polar surface area (TPSA) is 55.6 Å². The second-order valence-corrected chi connectivity index (χ2v) is 4.17. The van der Waals surface area contributed by atoms with Gasteiger partial charge >= 0.3 is 0 Å². The normalized spacial score (nSPS) is 19.3. The van der Waals surface area contributed by atoms with Crippen molar-refractivity contribution in [2.45, 2.75) is 25.8 Å². The number of carbonyl (C=O) groups excluding carboxylic acids is 1. The molecule has 0 aliphatic carbocycles. The lowest BCUT2D eigenvalue weighted by Crippen LogP contribution is -2.45. The summed E-state index contributed by atoms with van der Waals surface area (Å²) in [5, 5.41) is 0. The van der Waals surface area contributed by atoms with E-state index in [-0.39, 0.29) is 18.1 Å². The second kappa shape index (κ2) is 4.07. The van der Waals surface area contributed by atoms with E-state index in [9.17, 15) is 4.79 Å². The van der Waals surface area contributed by atoms with Crippen molar-refractivity contribution >= 4 is 5.91 Å². The van der Waals surface area contributed by atoms with Crippen molar-refractivity contribution in [2.24, 2.45) is 5.73 Å². The Labute approximate surface area is 79.0 Å². The molecule has 1 rings (SSSR count). The molecule has 0 bridgehead atoms. The number of nitrogens with two attached hydrogens (primary N) is 1. The van der Waals surface area contributed by atoms with Gasteiger partial charge in [0.2, 0.25) is 5.91 Å². The van der Waals surface area contributed by atoms with Gasteiger partial charge in [0.05, 0.1) is 6.61 Å². The number of hydrogen-bond acceptors (Lipinski definition) is 3. The summed E-state index contributed by atoms with van der Waals surface area (Å²) in [5.41, 5.74) is 5.63. The average molecular weight is 186 g/mol. The number of ether oxygens (including phenoxy) is 1. The zero-order valence-corrected chi connectivity index (χ0v) is 8.38. The van der Waals surface area contributed by atoms with E-state index >= 15 is 0 Å². The average Bonchev–Trinajstić information content (AvgIpc) is 2.01. The van der Waals surface area contributed by atoms with Crippen molar-refractivity contribution in [1.29, 1.82) is 0 Å². The van der Waals surface area contributed by atoms with Gasteiger partial charge < -0.3 is 15.4 Å². The van der Waals surface area contributed by atoms with Gasteiger partial charge in [-0.1, -0.05) is 0 Å². The van der Waals surface area contributed by atoms with Crippen LogP contribution < -0.4 is 5.73 Å². The van der Waals surface area contributed by atoms with Gasteiger partial charge in [0.1, 0.15) is 6.61 Å². The molecule has 1 fully saturated rings. The standard InChI is InChI=1S/C9H18N2O2/c1-9(2,10)3-4-11-5-6-13-7-8(11)12/h3-7,10H2,1-2H3. The Morgan fingerprint density at radius 2 is 2.31 bits per heavy atom. The van der Waals surface area contributed by atoms with Crippen molar-refractivity contribution in [3.05, 3.63) is 0 Å². The van der Waals surface area contributed by atoms with Crippen LogP contribution in [0.25, 0.3) is 0 Å². The van der Waals surface area contributed by atoms with E-state index in [1.54, 1.807) is 0 Å². The van der Waals surface area contributed by atoms with Gasteiger partial charge in [-0.15, -0.1) is 0 Å². The van der Waals surface area contributed by atoms with Crippen LogP contribution >= 0.6 is 0 Å². The van der Waals surface area contributed by atoms with E-state index in [2.05, 4.69) is 0 Å². The van der Waals surface area contributed by atoms with Crippen LogP contribution in [0.5, 0.6) is 0 Å². The lowest BCUT2D eigenvalue weighted by Gasteiger charge is -2.29. The van der Waals surface area contributed by atoms with Gasteiger partial charge in [-0.05, 0) is 20.3 Å². The Balaban J connectivity index is 2.31. The summed E-state index contributed by atoms with van der Waals surface area (Å²) in [6.07, 6.45) is 0.832. The quantitative estimate of drug-likeness (QED) is 0.673. The van der Waals surface area contributed by atoms with Gasteiger partial charge in [-0.25, -0.2) is 0 Å². The zero-order valence-electron chi connectivity index (χ0n) is 8.38. The summed E-state index contributed by atoms with van der Waals surface area (Å²) in [5.74, 6) is 0.0792. The molecule has 1 aliphatic rings. The SMILES string of the molecule is CC(C)(N)CCN1CCOCC1=O. The van der Waals surface area contributed by atoms with Crippen LogP contribution in [-0.2, 0) is 9.53 Å². The van der Waals surface area contributed by atoms with Gasteiger partial charge in [0.15, 0.2) is 0 Å². The molecule has 0 atom stereocenters. The minimum Gasteiger partial charge on any atom is -0.370 e. The van der Waals surface area contributed by atoms with Crippen LogP contribution in [0.1, 0.15) is 20.3 Å². The molecule has 4 heteroatoms. The Kier molecular flexibility index (Phi) is 3.27. The van der Waals surface area contributed by atoms with E-state index in [0.29, 0.717) is 13.2 Å². The highest BCUT2D eigenvalue weighted by Crippen LogP contribution is 2.07. The fourth-order valence-corrected chi connectivity index (χ4v) is 1.21. The molecule has 0 unspecified atom stereocenters.